The average Bonchev–Trinajstić information content (AvgIpc) is 2.65. The van der Waals surface area contributed by atoms with Crippen LogP contribution < -0.4 is 17.2 Å². The second-order valence-electron chi connectivity index (χ2n) is 4.76. The van der Waals surface area contributed by atoms with E-state index in [1.807, 2.05) is 6.07 Å². The lowest BCUT2D eigenvalue weighted by Gasteiger charge is -2.05. The predicted octanol–water partition coefficient (Wildman–Crippen LogP) is 1.13. The first-order valence-corrected chi connectivity index (χ1v) is 6.34. The first-order chi connectivity index (χ1) is 9.47. The third-order valence-corrected chi connectivity index (χ3v) is 3.25. The lowest BCUT2D eigenvalue weighted by atomic mass is 10.0. The minimum Gasteiger partial charge on any atom is -0.370 e. The molecule has 0 spiro atoms. The van der Waals surface area contributed by atoms with Gasteiger partial charge in [0.05, 0.1) is 0 Å². The fraction of sp³-hybridized carbons (Fsp3) is 0.286. The molecule has 6 N–H and O–H groups in total. The molecule has 0 heterocycles. The smallest absolute Gasteiger partial charge is 0.218 e. The predicted molar refractivity (Wildman–Crippen MR) is 79.6 cm³/mol. The van der Waals surface area contributed by atoms with Gasteiger partial charge in [0.2, 0.25) is 5.96 Å². The molecule has 5 nitrogen and oxygen atoms in total. The van der Waals surface area contributed by atoms with Gasteiger partial charge in [-0.3, -0.25) is 4.99 Å². The first-order valence-electron chi connectivity index (χ1n) is 6.34. The standard InChI is InChI=1S/C14H18FN5/c1-8-6-9-2-3-10(15)7-12(9)11(8)4-5-19-14(18)20-13(16)17/h2-3,7H,4-6H2,1H3,(H6,16,17,18,19,20). The molecule has 0 radical (unpaired) electrons. The van der Waals surface area contributed by atoms with Gasteiger partial charge in [0.25, 0.3) is 0 Å². The lowest BCUT2D eigenvalue weighted by Crippen LogP contribution is -2.26. The summed E-state index contributed by atoms with van der Waals surface area (Å²) in [6.07, 6.45) is 1.54. The Bertz CT molecular complexity index is 612. The number of hydrogen-bond acceptors (Lipinski definition) is 1. The highest BCUT2D eigenvalue weighted by Gasteiger charge is 2.18. The van der Waals surface area contributed by atoms with E-state index in [2.05, 4.69) is 16.9 Å². The Kier molecular flexibility index (Phi) is 4.02. The largest absolute Gasteiger partial charge is 0.370 e. The maximum Gasteiger partial charge on any atom is 0.218 e. The van der Waals surface area contributed by atoms with Crippen molar-refractivity contribution in [2.24, 2.45) is 27.2 Å². The molecule has 1 aliphatic rings. The molecular weight excluding hydrogens is 257 g/mol. The first kappa shape index (κ1) is 14.0. The number of nitrogens with zero attached hydrogens (tertiary/aromatic N) is 2. The highest BCUT2D eigenvalue weighted by molar-refractivity contribution is 5.92. The normalized spacial score (nSPS) is 14.4. The van der Waals surface area contributed by atoms with Crippen LogP contribution in [0.3, 0.4) is 0 Å². The minimum absolute atomic E-state index is 0.0562. The summed E-state index contributed by atoms with van der Waals surface area (Å²) in [5.74, 6) is -0.282. The molecule has 0 fully saturated rings. The van der Waals surface area contributed by atoms with E-state index in [0.717, 1.165) is 23.1 Å². The van der Waals surface area contributed by atoms with E-state index in [1.54, 1.807) is 6.07 Å². The van der Waals surface area contributed by atoms with Gasteiger partial charge in [-0.05, 0) is 48.6 Å². The van der Waals surface area contributed by atoms with Crippen molar-refractivity contribution in [1.82, 2.24) is 0 Å². The van der Waals surface area contributed by atoms with Gasteiger partial charge in [-0.2, -0.15) is 4.99 Å². The summed E-state index contributed by atoms with van der Waals surface area (Å²) >= 11 is 0. The van der Waals surface area contributed by atoms with Gasteiger partial charge in [0.1, 0.15) is 5.82 Å². The van der Waals surface area contributed by atoms with Crippen molar-refractivity contribution in [2.45, 2.75) is 19.8 Å². The van der Waals surface area contributed by atoms with Crippen LogP contribution in [0.4, 0.5) is 4.39 Å². The lowest BCUT2D eigenvalue weighted by molar-refractivity contribution is 0.627. The van der Waals surface area contributed by atoms with E-state index in [4.69, 9.17) is 17.2 Å². The van der Waals surface area contributed by atoms with Crippen LogP contribution in [0, 0.1) is 5.82 Å². The third kappa shape index (κ3) is 3.14. The molecule has 0 amide bonds. The van der Waals surface area contributed by atoms with Crippen molar-refractivity contribution in [1.29, 1.82) is 0 Å². The SMILES string of the molecule is CC1=C(CCN=C(N)N=C(N)N)c2cc(F)ccc2C1. The third-order valence-electron chi connectivity index (χ3n) is 3.25. The monoisotopic (exact) mass is 275 g/mol. The highest BCUT2D eigenvalue weighted by atomic mass is 19.1. The van der Waals surface area contributed by atoms with Gasteiger partial charge in [-0.1, -0.05) is 11.6 Å². The van der Waals surface area contributed by atoms with Gasteiger partial charge in [-0.15, -0.1) is 0 Å². The van der Waals surface area contributed by atoms with Crippen LogP contribution in [0.2, 0.25) is 0 Å². The van der Waals surface area contributed by atoms with Gasteiger partial charge in [0.15, 0.2) is 5.96 Å². The molecular formula is C14H18FN5. The van der Waals surface area contributed by atoms with Crippen molar-refractivity contribution in [3.8, 4) is 0 Å². The van der Waals surface area contributed by atoms with E-state index in [9.17, 15) is 4.39 Å². The van der Waals surface area contributed by atoms with Crippen molar-refractivity contribution >= 4 is 17.5 Å². The zero-order valence-electron chi connectivity index (χ0n) is 11.4. The topological polar surface area (TPSA) is 103 Å². The van der Waals surface area contributed by atoms with Crippen molar-refractivity contribution in [3.63, 3.8) is 0 Å². The van der Waals surface area contributed by atoms with Gasteiger partial charge >= 0.3 is 0 Å². The second kappa shape index (κ2) is 5.73. The molecule has 1 aliphatic carbocycles. The van der Waals surface area contributed by atoms with E-state index < -0.39 is 0 Å². The zero-order valence-corrected chi connectivity index (χ0v) is 11.4. The maximum atomic E-state index is 13.3. The van der Waals surface area contributed by atoms with Crippen LogP contribution in [0.1, 0.15) is 24.5 Å². The molecule has 6 heteroatoms. The van der Waals surface area contributed by atoms with Crippen molar-refractivity contribution in [3.05, 3.63) is 40.7 Å². The zero-order chi connectivity index (χ0) is 14.7. The number of allylic oxidation sites excluding steroid dienone is 1. The molecule has 0 saturated heterocycles. The molecule has 0 atom stereocenters. The molecule has 0 bridgehead atoms. The molecule has 0 aromatic heterocycles. The Morgan fingerprint density at radius 1 is 1.30 bits per heavy atom. The Hall–Kier alpha value is -2.37. The fourth-order valence-corrected chi connectivity index (χ4v) is 2.40. The van der Waals surface area contributed by atoms with Gasteiger partial charge in [-0.25, -0.2) is 4.39 Å². The van der Waals surface area contributed by atoms with Crippen LogP contribution in [0.5, 0.6) is 0 Å². The van der Waals surface area contributed by atoms with Crippen LogP contribution in [0.25, 0.3) is 5.57 Å². The summed E-state index contributed by atoms with van der Waals surface area (Å²) in [4.78, 5) is 7.72. The molecule has 1 aromatic rings. The van der Waals surface area contributed by atoms with Crippen LogP contribution in [-0.4, -0.2) is 18.5 Å². The Morgan fingerprint density at radius 2 is 2.05 bits per heavy atom. The van der Waals surface area contributed by atoms with Crippen molar-refractivity contribution in [2.75, 3.05) is 6.54 Å². The molecule has 1 aromatic carbocycles. The van der Waals surface area contributed by atoms with Gasteiger partial charge in [0, 0.05) is 6.54 Å². The van der Waals surface area contributed by atoms with E-state index in [-0.39, 0.29) is 17.7 Å². The van der Waals surface area contributed by atoms with E-state index in [0.29, 0.717) is 13.0 Å². The highest BCUT2D eigenvalue weighted by Crippen LogP contribution is 2.35. The number of hydrogen-bond donors (Lipinski definition) is 3. The number of rotatable bonds is 3. The molecule has 106 valence electrons. The second-order valence-corrected chi connectivity index (χ2v) is 4.76. The molecule has 2 rings (SSSR count). The summed E-state index contributed by atoms with van der Waals surface area (Å²) < 4.78 is 13.3. The van der Waals surface area contributed by atoms with Crippen LogP contribution in [0.15, 0.2) is 33.8 Å². The van der Waals surface area contributed by atoms with E-state index in [1.165, 1.54) is 11.6 Å². The minimum atomic E-state index is -0.223. The summed E-state index contributed by atoms with van der Waals surface area (Å²) in [6.45, 7) is 2.52. The number of fused-ring (bicyclic) bond motifs is 1. The molecule has 0 saturated carbocycles. The fourth-order valence-electron chi connectivity index (χ4n) is 2.40. The number of guanidine groups is 2. The van der Waals surface area contributed by atoms with Crippen molar-refractivity contribution < 1.29 is 4.39 Å². The number of nitrogens with two attached hydrogens (primary N) is 3. The molecule has 0 aliphatic heterocycles. The average molecular weight is 275 g/mol. The molecule has 20 heavy (non-hydrogen) atoms. The van der Waals surface area contributed by atoms with Gasteiger partial charge < -0.3 is 17.2 Å². The summed E-state index contributed by atoms with van der Waals surface area (Å²) in [5, 5.41) is 0. The quantitative estimate of drug-likeness (QED) is 0.569. The summed E-state index contributed by atoms with van der Waals surface area (Å²) in [6, 6.07) is 4.90. The van der Waals surface area contributed by atoms with Crippen LogP contribution >= 0.6 is 0 Å². The van der Waals surface area contributed by atoms with Crippen LogP contribution in [-0.2, 0) is 6.42 Å². The summed E-state index contributed by atoms with van der Waals surface area (Å²) in [5.41, 5.74) is 20.4. The molecule has 0 unspecified atom stereocenters. The van der Waals surface area contributed by atoms with E-state index >= 15 is 0 Å². The summed E-state index contributed by atoms with van der Waals surface area (Å²) in [7, 11) is 0. The Morgan fingerprint density at radius 3 is 2.75 bits per heavy atom. The Labute approximate surface area is 117 Å². The maximum absolute atomic E-state index is 13.3. The number of aliphatic imine (C=N–C) groups is 2. The Balaban J connectivity index is 2.10. The number of halogens is 1. The number of benzene rings is 1.